The summed E-state index contributed by atoms with van der Waals surface area (Å²) in [4.78, 5) is 2.18. The van der Waals surface area contributed by atoms with Gasteiger partial charge in [-0.25, -0.2) is 0 Å². The van der Waals surface area contributed by atoms with Gasteiger partial charge in [-0.05, 0) is 24.8 Å². The van der Waals surface area contributed by atoms with E-state index in [0.29, 0.717) is 24.8 Å². The van der Waals surface area contributed by atoms with Gasteiger partial charge < -0.3 is 20.5 Å². The third-order valence-corrected chi connectivity index (χ3v) is 3.67. The highest BCUT2D eigenvalue weighted by Crippen LogP contribution is 2.29. The maximum Gasteiger partial charge on any atom is 0.123 e. The minimum Gasteiger partial charge on any atom is -0.493 e. The van der Waals surface area contributed by atoms with E-state index in [2.05, 4.69) is 18.7 Å². The summed E-state index contributed by atoms with van der Waals surface area (Å²) in [7, 11) is 0. The summed E-state index contributed by atoms with van der Waals surface area (Å²) in [6.45, 7) is 6.49. The lowest BCUT2D eigenvalue weighted by Crippen LogP contribution is -2.42. The lowest BCUT2D eigenvalue weighted by molar-refractivity contribution is 0.103. The lowest BCUT2D eigenvalue weighted by atomic mass is 9.95. The van der Waals surface area contributed by atoms with Gasteiger partial charge in [0.1, 0.15) is 5.75 Å². The van der Waals surface area contributed by atoms with Crippen LogP contribution in [-0.4, -0.2) is 30.9 Å². The largest absolute Gasteiger partial charge is 0.493 e. The molecule has 2 unspecified atom stereocenters. The molecule has 0 aromatic heterocycles. The first-order valence-electron chi connectivity index (χ1n) is 7.06. The summed E-state index contributed by atoms with van der Waals surface area (Å²) in [5, 5.41) is 9.99. The number of hydrogen-bond donors (Lipinski definition) is 2. The molecule has 0 radical (unpaired) electrons. The Hall–Kier alpha value is -1.42. The molecule has 0 saturated carbocycles. The lowest BCUT2D eigenvalue weighted by Gasteiger charge is -2.36. The first-order chi connectivity index (χ1) is 9.10. The van der Waals surface area contributed by atoms with Crippen LogP contribution in [0.3, 0.4) is 0 Å². The van der Waals surface area contributed by atoms with E-state index in [1.54, 1.807) is 0 Å². The van der Waals surface area contributed by atoms with Crippen molar-refractivity contribution >= 4 is 11.4 Å². The monoisotopic (exact) mass is 264 g/mol. The van der Waals surface area contributed by atoms with Gasteiger partial charge >= 0.3 is 0 Å². The molecule has 1 aromatic carbocycles. The highest BCUT2D eigenvalue weighted by molar-refractivity contribution is 5.60. The smallest absolute Gasteiger partial charge is 0.123 e. The van der Waals surface area contributed by atoms with Crippen LogP contribution in [0.2, 0.25) is 0 Å². The highest BCUT2D eigenvalue weighted by Gasteiger charge is 2.24. The van der Waals surface area contributed by atoms with E-state index >= 15 is 0 Å². The number of aliphatic hydroxyl groups excluding tert-OH is 1. The van der Waals surface area contributed by atoms with Crippen molar-refractivity contribution < 1.29 is 9.84 Å². The van der Waals surface area contributed by atoms with E-state index in [0.717, 1.165) is 30.8 Å². The van der Waals surface area contributed by atoms with Gasteiger partial charge in [0, 0.05) is 36.6 Å². The number of rotatable bonds is 4. The second-order valence-electron chi connectivity index (χ2n) is 5.39. The number of hydrogen-bond acceptors (Lipinski definition) is 4. The van der Waals surface area contributed by atoms with E-state index in [-0.39, 0.29) is 6.10 Å². The van der Waals surface area contributed by atoms with Gasteiger partial charge in [0.2, 0.25) is 0 Å². The average molecular weight is 264 g/mol. The summed E-state index contributed by atoms with van der Waals surface area (Å²) in [5.41, 5.74) is 7.67. The zero-order valence-electron chi connectivity index (χ0n) is 11.8. The van der Waals surface area contributed by atoms with Crippen LogP contribution in [0.4, 0.5) is 11.4 Å². The van der Waals surface area contributed by atoms with E-state index in [4.69, 9.17) is 10.5 Å². The Labute approximate surface area is 115 Å². The number of β-amino-alcohol motifs (C(OH)–C–C–N with tert-alkyl or cyclic N) is 1. The Morgan fingerprint density at radius 2 is 2.21 bits per heavy atom. The van der Waals surface area contributed by atoms with Gasteiger partial charge in [0.05, 0.1) is 12.7 Å². The zero-order valence-corrected chi connectivity index (χ0v) is 11.8. The highest BCUT2D eigenvalue weighted by atomic mass is 16.5. The van der Waals surface area contributed by atoms with Crippen molar-refractivity contribution in [1.82, 2.24) is 0 Å². The molecule has 4 heteroatoms. The van der Waals surface area contributed by atoms with Gasteiger partial charge in [-0.2, -0.15) is 0 Å². The predicted octanol–water partition coefficient (Wildman–Crippen LogP) is 2.26. The van der Waals surface area contributed by atoms with Crippen molar-refractivity contribution in [1.29, 1.82) is 0 Å². The van der Waals surface area contributed by atoms with Crippen LogP contribution in [0.15, 0.2) is 18.2 Å². The number of nitrogens with zero attached hydrogens (tertiary/aromatic N) is 1. The number of piperidine rings is 1. The molecule has 3 N–H and O–H groups in total. The van der Waals surface area contributed by atoms with Crippen molar-refractivity contribution in [3.63, 3.8) is 0 Å². The van der Waals surface area contributed by atoms with Gasteiger partial charge in [0.25, 0.3) is 0 Å². The standard InChI is InChI=1S/C15H24N2O2/c1-3-6-19-14-8-12(16)7-13(9-14)17-5-4-11(2)15(18)10-17/h7-9,11,15,18H,3-6,10,16H2,1-2H3. The molecule has 4 nitrogen and oxygen atoms in total. The molecule has 2 rings (SSSR count). The molecule has 1 aromatic rings. The summed E-state index contributed by atoms with van der Waals surface area (Å²) in [6.07, 6.45) is 1.71. The van der Waals surface area contributed by atoms with Crippen LogP contribution in [0.5, 0.6) is 5.75 Å². The SMILES string of the molecule is CCCOc1cc(N)cc(N2CCC(C)C(O)C2)c1. The van der Waals surface area contributed by atoms with Crippen molar-refractivity contribution in [2.45, 2.75) is 32.8 Å². The number of anilines is 2. The molecule has 106 valence electrons. The third-order valence-electron chi connectivity index (χ3n) is 3.67. The van der Waals surface area contributed by atoms with Gasteiger partial charge in [-0.15, -0.1) is 0 Å². The first kappa shape index (κ1) is 14.0. The molecule has 0 amide bonds. The molecule has 19 heavy (non-hydrogen) atoms. The van der Waals surface area contributed by atoms with Gasteiger partial charge in [-0.1, -0.05) is 13.8 Å². The first-order valence-corrected chi connectivity index (χ1v) is 7.06. The maximum absolute atomic E-state index is 9.99. The summed E-state index contributed by atoms with van der Waals surface area (Å²) >= 11 is 0. The van der Waals surface area contributed by atoms with Crippen LogP contribution in [0.25, 0.3) is 0 Å². The fourth-order valence-corrected chi connectivity index (χ4v) is 2.38. The Morgan fingerprint density at radius 1 is 1.42 bits per heavy atom. The topological polar surface area (TPSA) is 58.7 Å². The van der Waals surface area contributed by atoms with E-state index in [9.17, 15) is 5.11 Å². The van der Waals surface area contributed by atoms with Crippen LogP contribution in [0, 0.1) is 5.92 Å². The molecule has 1 heterocycles. The normalized spacial score (nSPS) is 23.4. The average Bonchev–Trinajstić information content (AvgIpc) is 2.39. The quantitative estimate of drug-likeness (QED) is 0.819. The molecular formula is C15H24N2O2. The van der Waals surface area contributed by atoms with Crippen LogP contribution in [0.1, 0.15) is 26.7 Å². The fraction of sp³-hybridized carbons (Fsp3) is 0.600. The van der Waals surface area contributed by atoms with E-state index in [1.807, 2.05) is 18.2 Å². The van der Waals surface area contributed by atoms with Gasteiger partial charge in [0.15, 0.2) is 0 Å². The third kappa shape index (κ3) is 3.53. The van der Waals surface area contributed by atoms with Crippen LogP contribution >= 0.6 is 0 Å². The van der Waals surface area contributed by atoms with Gasteiger partial charge in [-0.3, -0.25) is 0 Å². The predicted molar refractivity (Wildman–Crippen MR) is 78.6 cm³/mol. The van der Waals surface area contributed by atoms with Crippen LogP contribution in [-0.2, 0) is 0 Å². The second kappa shape index (κ2) is 6.15. The molecule has 1 aliphatic heterocycles. The zero-order chi connectivity index (χ0) is 13.8. The molecular weight excluding hydrogens is 240 g/mol. The molecule has 1 fully saturated rings. The van der Waals surface area contributed by atoms with Crippen molar-refractivity contribution in [3.05, 3.63) is 18.2 Å². The van der Waals surface area contributed by atoms with Crippen molar-refractivity contribution in [3.8, 4) is 5.75 Å². The Kier molecular flexibility index (Phi) is 4.53. The van der Waals surface area contributed by atoms with E-state index in [1.165, 1.54) is 0 Å². The Bertz CT molecular complexity index is 423. The molecule has 2 atom stereocenters. The Morgan fingerprint density at radius 3 is 2.89 bits per heavy atom. The van der Waals surface area contributed by atoms with Crippen molar-refractivity contribution in [2.75, 3.05) is 30.3 Å². The molecule has 0 spiro atoms. The number of nitrogens with two attached hydrogens (primary N) is 1. The summed E-state index contributed by atoms with van der Waals surface area (Å²) in [5.74, 6) is 1.18. The fourth-order valence-electron chi connectivity index (χ4n) is 2.38. The number of ether oxygens (including phenoxy) is 1. The molecule has 1 aliphatic rings. The molecule has 1 saturated heterocycles. The van der Waals surface area contributed by atoms with Crippen molar-refractivity contribution in [2.24, 2.45) is 5.92 Å². The van der Waals surface area contributed by atoms with Crippen LogP contribution < -0.4 is 15.4 Å². The molecule has 0 aliphatic carbocycles. The maximum atomic E-state index is 9.99. The molecule has 0 bridgehead atoms. The number of nitrogen functional groups attached to an aromatic ring is 1. The summed E-state index contributed by atoms with van der Waals surface area (Å²) in [6, 6.07) is 5.80. The summed E-state index contributed by atoms with van der Waals surface area (Å²) < 4.78 is 5.65. The second-order valence-corrected chi connectivity index (χ2v) is 5.39. The minimum atomic E-state index is -0.268. The van der Waals surface area contributed by atoms with E-state index < -0.39 is 0 Å². The number of benzene rings is 1. The minimum absolute atomic E-state index is 0.268. The number of aliphatic hydroxyl groups is 1. The Balaban J connectivity index is 2.13.